The Bertz CT molecular complexity index is 282. The molecule has 0 saturated carbocycles. The quantitative estimate of drug-likeness (QED) is 0.767. The first-order chi connectivity index (χ1) is 7.53. The first-order valence-corrected chi connectivity index (χ1v) is 5.79. The van der Waals surface area contributed by atoms with Crippen molar-refractivity contribution in [1.82, 2.24) is 15.1 Å². The number of methoxy groups -OCH3 is 1. The van der Waals surface area contributed by atoms with E-state index in [-0.39, 0.29) is 5.60 Å². The van der Waals surface area contributed by atoms with Gasteiger partial charge in [-0.1, -0.05) is 0 Å². The predicted molar refractivity (Wildman–Crippen MR) is 65.4 cm³/mol. The van der Waals surface area contributed by atoms with Crippen molar-refractivity contribution in [3.05, 3.63) is 18.5 Å². The van der Waals surface area contributed by atoms with Crippen molar-refractivity contribution >= 4 is 0 Å². The van der Waals surface area contributed by atoms with Crippen LogP contribution >= 0.6 is 0 Å². The molecule has 0 saturated heterocycles. The lowest BCUT2D eigenvalue weighted by Gasteiger charge is -2.24. The van der Waals surface area contributed by atoms with Gasteiger partial charge in [-0.05, 0) is 39.8 Å². The van der Waals surface area contributed by atoms with Crippen molar-refractivity contribution in [3.8, 4) is 0 Å². The Morgan fingerprint density at radius 1 is 1.50 bits per heavy atom. The van der Waals surface area contributed by atoms with Gasteiger partial charge >= 0.3 is 0 Å². The standard InChI is InChI=1S/C12H23N3O/c1-11(10-15-9-5-7-14-15)13-8-6-12(2,3)16-4/h5,7,9,11,13H,6,8,10H2,1-4H3. The Morgan fingerprint density at radius 2 is 2.25 bits per heavy atom. The maximum atomic E-state index is 5.37. The van der Waals surface area contributed by atoms with E-state index in [0.717, 1.165) is 19.5 Å². The van der Waals surface area contributed by atoms with Crippen LogP contribution in [0, 0.1) is 0 Å². The molecule has 16 heavy (non-hydrogen) atoms. The highest BCUT2D eigenvalue weighted by Crippen LogP contribution is 2.11. The molecule has 1 N–H and O–H groups in total. The van der Waals surface area contributed by atoms with E-state index in [4.69, 9.17) is 4.74 Å². The average Bonchev–Trinajstić information content (AvgIpc) is 2.70. The minimum Gasteiger partial charge on any atom is -0.379 e. The maximum absolute atomic E-state index is 5.37. The molecule has 0 aliphatic rings. The molecule has 0 aromatic carbocycles. The lowest BCUT2D eigenvalue weighted by molar-refractivity contribution is 0.0153. The molecule has 1 rings (SSSR count). The average molecular weight is 225 g/mol. The molecule has 0 aliphatic heterocycles. The number of aromatic nitrogens is 2. The fourth-order valence-corrected chi connectivity index (χ4v) is 1.48. The molecule has 4 heteroatoms. The van der Waals surface area contributed by atoms with Crippen molar-refractivity contribution in [2.24, 2.45) is 0 Å². The smallest absolute Gasteiger partial charge is 0.0634 e. The molecule has 92 valence electrons. The van der Waals surface area contributed by atoms with E-state index < -0.39 is 0 Å². The summed E-state index contributed by atoms with van der Waals surface area (Å²) < 4.78 is 7.31. The van der Waals surface area contributed by atoms with Gasteiger partial charge in [0.15, 0.2) is 0 Å². The molecule has 0 aliphatic carbocycles. The van der Waals surface area contributed by atoms with E-state index in [1.165, 1.54) is 0 Å². The Kier molecular flexibility index (Phi) is 4.96. The van der Waals surface area contributed by atoms with E-state index in [9.17, 15) is 0 Å². The van der Waals surface area contributed by atoms with Gasteiger partial charge in [0.05, 0.1) is 12.1 Å². The molecule has 0 bridgehead atoms. The normalized spacial score (nSPS) is 14.0. The highest BCUT2D eigenvalue weighted by Gasteiger charge is 2.15. The summed E-state index contributed by atoms with van der Waals surface area (Å²) in [6.07, 6.45) is 4.80. The van der Waals surface area contributed by atoms with Crippen LogP contribution in [0.5, 0.6) is 0 Å². The third-order valence-electron chi connectivity index (χ3n) is 2.79. The van der Waals surface area contributed by atoms with Crippen LogP contribution in [0.3, 0.4) is 0 Å². The van der Waals surface area contributed by atoms with Gasteiger partial charge in [-0.2, -0.15) is 5.10 Å². The molecule has 0 radical (unpaired) electrons. The maximum Gasteiger partial charge on any atom is 0.0634 e. The zero-order valence-electron chi connectivity index (χ0n) is 10.7. The fraction of sp³-hybridized carbons (Fsp3) is 0.750. The summed E-state index contributed by atoms with van der Waals surface area (Å²) in [7, 11) is 1.76. The monoisotopic (exact) mass is 225 g/mol. The fourth-order valence-electron chi connectivity index (χ4n) is 1.48. The van der Waals surface area contributed by atoms with Crippen LogP contribution in [0.15, 0.2) is 18.5 Å². The summed E-state index contributed by atoms with van der Waals surface area (Å²) >= 11 is 0. The minimum atomic E-state index is -0.0432. The van der Waals surface area contributed by atoms with Gasteiger partial charge in [-0.25, -0.2) is 0 Å². The van der Waals surface area contributed by atoms with Crippen LogP contribution in [0.2, 0.25) is 0 Å². The number of hydrogen-bond donors (Lipinski definition) is 1. The van der Waals surface area contributed by atoms with E-state index in [1.54, 1.807) is 13.3 Å². The second kappa shape index (κ2) is 6.01. The Balaban J connectivity index is 2.18. The number of nitrogens with zero attached hydrogens (tertiary/aromatic N) is 2. The molecule has 0 amide bonds. The van der Waals surface area contributed by atoms with E-state index in [2.05, 4.69) is 31.2 Å². The Morgan fingerprint density at radius 3 is 2.81 bits per heavy atom. The highest BCUT2D eigenvalue weighted by atomic mass is 16.5. The molecular weight excluding hydrogens is 202 g/mol. The molecular formula is C12H23N3O. The van der Waals surface area contributed by atoms with E-state index >= 15 is 0 Å². The summed E-state index contributed by atoms with van der Waals surface area (Å²) in [4.78, 5) is 0. The third-order valence-corrected chi connectivity index (χ3v) is 2.79. The summed E-state index contributed by atoms with van der Waals surface area (Å²) in [6, 6.07) is 2.37. The van der Waals surface area contributed by atoms with Crippen LogP contribution in [0.25, 0.3) is 0 Å². The molecule has 1 unspecified atom stereocenters. The topological polar surface area (TPSA) is 39.1 Å². The zero-order chi connectivity index (χ0) is 12.0. The van der Waals surface area contributed by atoms with Crippen LogP contribution in [0.1, 0.15) is 27.2 Å². The van der Waals surface area contributed by atoms with Crippen molar-refractivity contribution < 1.29 is 4.74 Å². The molecule has 1 aromatic heterocycles. The molecule has 1 heterocycles. The van der Waals surface area contributed by atoms with Crippen molar-refractivity contribution in [2.45, 2.75) is 45.4 Å². The summed E-state index contributed by atoms with van der Waals surface area (Å²) in [5.74, 6) is 0. The van der Waals surface area contributed by atoms with Gasteiger partial charge in [0.25, 0.3) is 0 Å². The lowest BCUT2D eigenvalue weighted by atomic mass is 10.1. The van der Waals surface area contributed by atoms with Crippen molar-refractivity contribution in [2.75, 3.05) is 13.7 Å². The summed E-state index contributed by atoms with van der Waals surface area (Å²) in [5.41, 5.74) is -0.0432. The molecule has 1 atom stereocenters. The molecule has 0 fully saturated rings. The predicted octanol–water partition coefficient (Wildman–Crippen LogP) is 1.68. The van der Waals surface area contributed by atoms with Gasteiger partial charge < -0.3 is 10.1 Å². The molecule has 1 aromatic rings. The van der Waals surface area contributed by atoms with Gasteiger partial charge in [-0.3, -0.25) is 4.68 Å². The van der Waals surface area contributed by atoms with Gasteiger partial charge in [-0.15, -0.1) is 0 Å². The molecule has 4 nitrogen and oxygen atoms in total. The van der Waals surface area contributed by atoms with Crippen LogP contribution in [0.4, 0.5) is 0 Å². The van der Waals surface area contributed by atoms with Gasteiger partial charge in [0.2, 0.25) is 0 Å². The molecule has 0 spiro atoms. The third kappa shape index (κ3) is 4.77. The number of nitrogens with one attached hydrogen (secondary N) is 1. The Labute approximate surface area is 98.0 Å². The number of hydrogen-bond acceptors (Lipinski definition) is 3. The first kappa shape index (κ1) is 13.2. The highest BCUT2D eigenvalue weighted by molar-refractivity contribution is 4.79. The number of rotatable bonds is 7. The van der Waals surface area contributed by atoms with E-state index in [1.807, 2.05) is 16.9 Å². The SMILES string of the molecule is COC(C)(C)CCNC(C)Cn1cccn1. The second-order valence-corrected chi connectivity index (χ2v) is 4.80. The minimum absolute atomic E-state index is 0.0432. The van der Waals surface area contributed by atoms with Gasteiger partial charge in [0, 0.05) is 25.5 Å². The number of ether oxygens (including phenoxy) is 1. The van der Waals surface area contributed by atoms with Crippen LogP contribution in [-0.2, 0) is 11.3 Å². The van der Waals surface area contributed by atoms with Gasteiger partial charge in [0.1, 0.15) is 0 Å². The second-order valence-electron chi connectivity index (χ2n) is 4.80. The summed E-state index contributed by atoms with van der Waals surface area (Å²) in [6.45, 7) is 8.24. The van der Waals surface area contributed by atoms with Crippen molar-refractivity contribution in [1.29, 1.82) is 0 Å². The van der Waals surface area contributed by atoms with Crippen LogP contribution in [-0.4, -0.2) is 35.1 Å². The Hall–Kier alpha value is -0.870. The summed E-state index contributed by atoms with van der Waals surface area (Å²) in [5, 5.41) is 7.65. The van der Waals surface area contributed by atoms with E-state index in [0.29, 0.717) is 6.04 Å². The van der Waals surface area contributed by atoms with Crippen molar-refractivity contribution in [3.63, 3.8) is 0 Å². The first-order valence-electron chi connectivity index (χ1n) is 5.79. The van der Waals surface area contributed by atoms with Crippen LogP contribution < -0.4 is 5.32 Å². The largest absolute Gasteiger partial charge is 0.379 e. The lowest BCUT2D eigenvalue weighted by Crippen LogP contribution is -2.35. The zero-order valence-corrected chi connectivity index (χ0v) is 10.7.